The number of carbonyl (C=O) groups excluding carboxylic acids is 1. The molecule has 0 aliphatic carbocycles. The van der Waals surface area contributed by atoms with Crippen LogP contribution in [-0.2, 0) is 11.2 Å². The van der Waals surface area contributed by atoms with E-state index >= 15 is 0 Å². The van der Waals surface area contributed by atoms with Crippen molar-refractivity contribution in [3.63, 3.8) is 0 Å². The van der Waals surface area contributed by atoms with Crippen LogP contribution in [-0.4, -0.2) is 44.8 Å². The Labute approximate surface area is 165 Å². The summed E-state index contributed by atoms with van der Waals surface area (Å²) < 4.78 is 17.7. The van der Waals surface area contributed by atoms with Crippen LogP contribution in [0.5, 0.6) is 17.2 Å². The first kappa shape index (κ1) is 18.6. The Balaban J connectivity index is 1.67. The maximum atomic E-state index is 12.8. The zero-order valence-electron chi connectivity index (χ0n) is 16.6. The number of quaternary nitrogens is 1. The molecule has 4 rings (SSSR count). The fourth-order valence-electron chi connectivity index (χ4n) is 4.13. The second-order valence-electron chi connectivity index (χ2n) is 7.90. The Morgan fingerprint density at radius 2 is 2.04 bits per heavy atom. The molecule has 0 N–H and O–H groups in total. The third-order valence-electron chi connectivity index (χ3n) is 5.74. The maximum absolute atomic E-state index is 12.8. The highest BCUT2D eigenvalue weighted by Crippen LogP contribution is 2.51. The average molecular weight is 380 g/mol. The summed E-state index contributed by atoms with van der Waals surface area (Å²) in [6.07, 6.45) is 4.89. The van der Waals surface area contributed by atoms with Crippen molar-refractivity contribution in [1.29, 1.82) is 0 Å². The van der Waals surface area contributed by atoms with Gasteiger partial charge < -0.3 is 18.7 Å². The molecule has 0 saturated carbocycles. The first-order chi connectivity index (χ1) is 13.5. The van der Waals surface area contributed by atoms with Gasteiger partial charge >= 0.3 is 0 Å². The predicted octanol–water partition coefficient (Wildman–Crippen LogP) is 3.77. The number of benzene rings is 2. The van der Waals surface area contributed by atoms with Crippen molar-refractivity contribution in [2.75, 3.05) is 34.5 Å². The molecule has 2 heterocycles. The van der Waals surface area contributed by atoms with Gasteiger partial charge in [0.1, 0.15) is 6.04 Å². The number of likely N-dealkylation sites (N-methyl/N-ethyl adjacent to an activating group) is 1. The summed E-state index contributed by atoms with van der Waals surface area (Å²) in [7, 11) is 6.00. The minimum absolute atomic E-state index is 0.00104. The van der Waals surface area contributed by atoms with Crippen molar-refractivity contribution in [2.24, 2.45) is 0 Å². The van der Waals surface area contributed by atoms with Crippen molar-refractivity contribution in [2.45, 2.75) is 18.9 Å². The van der Waals surface area contributed by atoms with Crippen LogP contribution in [0.25, 0.3) is 6.08 Å². The molecule has 5 heteroatoms. The highest BCUT2D eigenvalue weighted by molar-refractivity contribution is 5.94. The molecule has 5 nitrogen and oxygen atoms in total. The van der Waals surface area contributed by atoms with Crippen LogP contribution in [0.2, 0.25) is 0 Å². The number of carbonyl (C=O) groups is 1. The van der Waals surface area contributed by atoms with E-state index in [0.29, 0.717) is 17.9 Å². The summed E-state index contributed by atoms with van der Waals surface area (Å²) in [5, 5.41) is 0. The topological polar surface area (TPSA) is 44.8 Å². The van der Waals surface area contributed by atoms with Crippen LogP contribution >= 0.6 is 0 Å². The van der Waals surface area contributed by atoms with Gasteiger partial charge in [0.25, 0.3) is 0 Å². The highest BCUT2D eigenvalue weighted by atomic mass is 16.7. The molecular weight excluding hydrogens is 354 g/mol. The first-order valence-electron chi connectivity index (χ1n) is 9.57. The van der Waals surface area contributed by atoms with Gasteiger partial charge in [0, 0.05) is 6.42 Å². The Bertz CT molecular complexity index is 918. The van der Waals surface area contributed by atoms with E-state index in [1.807, 2.05) is 36.4 Å². The minimum Gasteiger partial charge on any atom is -0.492 e. The van der Waals surface area contributed by atoms with E-state index in [2.05, 4.69) is 20.2 Å². The molecule has 0 saturated heterocycles. The van der Waals surface area contributed by atoms with E-state index in [1.54, 1.807) is 13.2 Å². The minimum atomic E-state index is 0.00104. The number of hydrogen-bond acceptors (Lipinski definition) is 4. The van der Waals surface area contributed by atoms with Crippen LogP contribution < -0.4 is 14.2 Å². The van der Waals surface area contributed by atoms with Crippen molar-refractivity contribution < 1.29 is 23.5 Å². The molecule has 0 amide bonds. The lowest BCUT2D eigenvalue weighted by Crippen LogP contribution is -2.48. The maximum Gasteiger partial charge on any atom is 0.231 e. The van der Waals surface area contributed by atoms with Crippen molar-refractivity contribution in [1.82, 2.24) is 0 Å². The van der Waals surface area contributed by atoms with Crippen molar-refractivity contribution >= 4 is 11.9 Å². The fraction of sp³-hybridized carbons (Fsp3) is 0.348. The molecule has 146 valence electrons. The largest absolute Gasteiger partial charge is 0.492 e. The molecule has 0 aromatic heterocycles. The monoisotopic (exact) mass is 380 g/mol. The third kappa shape index (κ3) is 3.38. The lowest BCUT2D eigenvalue weighted by molar-refractivity contribution is -0.922. The van der Waals surface area contributed by atoms with Gasteiger partial charge in [-0.3, -0.25) is 4.79 Å². The number of nitrogens with zero attached hydrogens (tertiary/aromatic N) is 1. The lowest BCUT2D eigenvalue weighted by Gasteiger charge is -2.43. The molecule has 2 aliphatic heterocycles. The second kappa shape index (κ2) is 7.32. The van der Waals surface area contributed by atoms with E-state index < -0.39 is 0 Å². The zero-order chi connectivity index (χ0) is 19.7. The molecule has 0 fully saturated rings. The van der Waals surface area contributed by atoms with Gasteiger partial charge in [-0.15, -0.1) is 0 Å². The molecule has 1 atom stereocenters. The number of ketones is 1. The van der Waals surface area contributed by atoms with Gasteiger partial charge in [-0.05, 0) is 23.3 Å². The van der Waals surface area contributed by atoms with Crippen molar-refractivity contribution in [3.8, 4) is 17.2 Å². The average Bonchev–Trinajstić information content (AvgIpc) is 3.16. The number of hydrogen-bond donors (Lipinski definition) is 0. The molecule has 0 radical (unpaired) electrons. The fourth-order valence-corrected chi connectivity index (χ4v) is 4.13. The number of allylic oxidation sites excluding steroid dienone is 1. The standard InChI is InChI=1S/C23H26NO4/c1-24(2)12-11-17-13-20-22(28-15-27-20)23(26-3)21(17)19(24)14-18(25)10-9-16-7-5-4-6-8-16/h4-10,13,19H,11-12,14-15H2,1-3H3/q+1/b10-9+/t19-/m0/s1. The Morgan fingerprint density at radius 3 is 2.79 bits per heavy atom. The Morgan fingerprint density at radius 1 is 1.25 bits per heavy atom. The van der Waals surface area contributed by atoms with E-state index in [0.717, 1.165) is 34.3 Å². The van der Waals surface area contributed by atoms with E-state index in [9.17, 15) is 4.79 Å². The van der Waals surface area contributed by atoms with Gasteiger partial charge in [-0.25, -0.2) is 0 Å². The van der Waals surface area contributed by atoms with E-state index in [-0.39, 0.29) is 18.6 Å². The predicted molar refractivity (Wildman–Crippen MR) is 108 cm³/mol. The van der Waals surface area contributed by atoms with E-state index in [4.69, 9.17) is 14.2 Å². The molecule has 2 aromatic carbocycles. The van der Waals surface area contributed by atoms with Crippen LogP contribution in [0, 0.1) is 0 Å². The van der Waals surface area contributed by atoms with E-state index in [1.165, 1.54) is 5.56 Å². The highest BCUT2D eigenvalue weighted by Gasteiger charge is 2.41. The Hall–Kier alpha value is -2.79. The van der Waals surface area contributed by atoms with Crippen LogP contribution in [0.1, 0.15) is 29.2 Å². The molecule has 28 heavy (non-hydrogen) atoms. The smallest absolute Gasteiger partial charge is 0.231 e. The summed E-state index contributed by atoms with van der Waals surface area (Å²) in [6.45, 7) is 1.16. The molecule has 2 aliphatic rings. The SMILES string of the molecule is COc1c2c(cc3c1[C@H](CC(=O)/C=C/c1ccccc1)[N+](C)(C)CC3)OCO2. The van der Waals surface area contributed by atoms with Gasteiger partial charge in [-0.2, -0.15) is 0 Å². The molecule has 2 aromatic rings. The number of fused-ring (bicyclic) bond motifs is 2. The van der Waals surface area contributed by atoms with Gasteiger partial charge in [0.15, 0.2) is 17.3 Å². The quantitative estimate of drug-likeness (QED) is 0.585. The number of methoxy groups -OCH3 is 1. The normalized spacial score (nSPS) is 19.5. The zero-order valence-corrected chi connectivity index (χ0v) is 16.6. The molecular formula is C23H26NO4+. The number of ether oxygens (including phenoxy) is 3. The van der Waals surface area contributed by atoms with Crippen molar-refractivity contribution in [3.05, 3.63) is 59.2 Å². The summed E-state index contributed by atoms with van der Waals surface area (Å²) in [5.41, 5.74) is 3.28. The second-order valence-corrected chi connectivity index (χ2v) is 7.90. The molecule has 0 spiro atoms. The summed E-state index contributed by atoms with van der Waals surface area (Å²) >= 11 is 0. The van der Waals surface area contributed by atoms with Gasteiger partial charge in [-0.1, -0.05) is 36.4 Å². The lowest BCUT2D eigenvalue weighted by atomic mass is 9.86. The van der Waals surface area contributed by atoms with Gasteiger partial charge in [0.05, 0.1) is 39.7 Å². The summed E-state index contributed by atoms with van der Waals surface area (Å²) in [4.78, 5) is 12.8. The number of rotatable bonds is 5. The van der Waals surface area contributed by atoms with Crippen LogP contribution in [0.3, 0.4) is 0 Å². The first-order valence-corrected chi connectivity index (χ1v) is 9.57. The third-order valence-corrected chi connectivity index (χ3v) is 5.74. The van der Waals surface area contributed by atoms with Gasteiger partial charge in [0.2, 0.25) is 12.5 Å². The van der Waals surface area contributed by atoms with Crippen LogP contribution in [0.4, 0.5) is 0 Å². The summed E-state index contributed by atoms with van der Waals surface area (Å²) in [6, 6.07) is 11.9. The van der Waals surface area contributed by atoms with Crippen LogP contribution in [0.15, 0.2) is 42.5 Å². The summed E-state index contributed by atoms with van der Waals surface area (Å²) in [5.74, 6) is 2.20. The molecule has 0 unspecified atom stereocenters. The molecule has 0 bridgehead atoms. The Kier molecular flexibility index (Phi) is 4.85.